The van der Waals surface area contributed by atoms with E-state index in [2.05, 4.69) is 24.2 Å². The predicted octanol–water partition coefficient (Wildman–Crippen LogP) is 4.98. The van der Waals surface area contributed by atoms with Crippen LogP contribution in [0.1, 0.15) is 90.4 Å². The quantitative estimate of drug-likeness (QED) is 0.482. The maximum Gasteiger partial charge on any atom is 0.0217 e. The lowest BCUT2D eigenvalue weighted by atomic mass is 10.0. The lowest BCUT2D eigenvalue weighted by molar-refractivity contribution is 0.181. The van der Waals surface area contributed by atoms with E-state index in [9.17, 15) is 0 Å². The fourth-order valence-electron chi connectivity index (χ4n) is 3.41. The molecule has 0 spiro atoms. The molecule has 0 bridgehead atoms. The second kappa shape index (κ2) is 13.6. The van der Waals surface area contributed by atoms with Gasteiger partial charge in [-0.05, 0) is 39.4 Å². The molecule has 1 saturated heterocycles. The lowest BCUT2D eigenvalue weighted by Gasteiger charge is -2.32. The van der Waals surface area contributed by atoms with E-state index in [1.165, 1.54) is 103 Å². The number of hydrogen-bond acceptors (Lipinski definition) is 2. The summed E-state index contributed by atoms with van der Waals surface area (Å²) < 4.78 is 0. The number of likely N-dealkylation sites (N-methyl/N-ethyl adjacent to an activating group) is 1. The van der Waals surface area contributed by atoms with Crippen LogP contribution in [0.15, 0.2) is 0 Å². The van der Waals surface area contributed by atoms with Crippen molar-refractivity contribution in [3.05, 3.63) is 0 Å². The van der Waals surface area contributed by atoms with Gasteiger partial charge in [-0.1, -0.05) is 71.1 Å². The Balaban J connectivity index is 1.76. The lowest BCUT2D eigenvalue weighted by Crippen LogP contribution is -2.43. The van der Waals surface area contributed by atoms with E-state index in [1.54, 1.807) is 0 Å². The number of nitrogens with zero attached hydrogens (tertiary/aromatic N) is 1. The average molecular weight is 297 g/mol. The van der Waals surface area contributed by atoms with Gasteiger partial charge in [-0.2, -0.15) is 0 Å². The Morgan fingerprint density at radius 3 is 2.10 bits per heavy atom. The summed E-state index contributed by atoms with van der Waals surface area (Å²) in [6.45, 7) is 6.01. The van der Waals surface area contributed by atoms with Crippen molar-refractivity contribution in [2.75, 3.05) is 26.7 Å². The van der Waals surface area contributed by atoms with Gasteiger partial charge in [0.15, 0.2) is 0 Å². The number of nitrogens with one attached hydrogen (secondary N) is 1. The van der Waals surface area contributed by atoms with Crippen molar-refractivity contribution in [1.29, 1.82) is 0 Å². The molecule has 1 aliphatic rings. The molecule has 0 aromatic rings. The molecule has 0 aliphatic carbocycles. The fraction of sp³-hybridized carbons (Fsp3) is 1.00. The topological polar surface area (TPSA) is 15.3 Å². The van der Waals surface area contributed by atoms with Crippen molar-refractivity contribution in [1.82, 2.24) is 10.2 Å². The molecule has 2 heteroatoms. The summed E-state index contributed by atoms with van der Waals surface area (Å²) in [5.41, 5.74) is 0. The maximum absolute atomic E-state index is 3.67. The molecule has 2 nitrogen and oxygen atoms in total. The molecule has 1 aliphatic heterocycles. The van der Waals surface area contributed by atoms with Gasteiger partial charge in [-0.15, -0.1) is 0 Å². The summed E-state index contributed by atoms with van der Waals surface area (Å²) in [4.78, 5) is 2.54. The second-order valence-corrected chi connectivity index (χ2v) is 7.02. The summed E-state index contributed by atoms with van der Waals surface area (Å²) in [7, 11) is 2.28. The molecule has 0 aromatic carbocycles. The van der Waals surface area contributed by atoms with Crippen LogP contribution < -0.4 is 5.32 Å². The minimum Gasteiger partial charge on any atom is -0.315 e. The molecular weight excluding hydrogens is 256 g/mol. The normalized spacial score (nSPS) is 20.0. The number of hydrogen-bond donors (Lipinski definition) is 1. The first-order valence-corrected chi connectivity index (χ1v) is 9.75. The van der Waals surface area contributed by atoms with Gasteiger partial charge >= 0.3 is 0 Å². The Morgan fingerprint density at radius 1 is 0.857 bits per heavy atom. The van der Waals surface area contributed by atoms with Gasteiger partial charge in [0.25, 0.3) is 0 Å². The first kappa shape index (κ1) is 19.0. The number of rotatable bonds is 13. The van der Waals surface area contributed by atoms with Gasteiger partial charge in [0, 0.05) is 12.6 Å². The van der Waals surface area contributed by atoms with Gasteiger partial charge in [-0.3, -0.25) is 0 Å². The van der Waals surface area contributed by atoms with Crippen LogP contribution in [0, 0.1) is 0 Å². The molecule has 1 unspecified atom stereocenters. The molecule has 1 fully saturated rings. The smallest absolute Gasteiger partial charge is 0.0217 e. The Morgan fingerprint density at radius 2 is 1.48 bits per heavy atom. The van der Waals surface area contributed by atoms with Crippen LogP contribution in [0.3, 0.4) is 0 Å². The first-order valence-electron chi connectivity index (χ1n) is 9.75. The minimum absolute atomic E-state index is 0.793. The molecule has 1 atom stereocenters. The molecule has 1 heterocycles. The van der Waals surface area contributed by atoms with Gasteiger partial charge in [0.1, 0.15) is 0 Å². The highest BCUT2D eigenvalue weighted by atomic mass is 15.2. The molecule has 0 radical (unpaired) electrons. The molecular formula is C19H40N2. The van der Waals surface area contributed by atoms with Crippen LogP contribution in [0.4, 0.5) is 0 Å². The monoisotopic (exact) mass is 296 g/mol. The van der Waals surface area contributed by atoms with E-state index in [0.29, 0.717) is 0 Å². The molecule has 126 valence electrons. The summed E-state index contributed by atoms with van der Waals surface area (Å²) in [5.74, 6) is 0. The van der Waals surface area contributed by atoms with Crippen LogP contribution in [0.25, 0.3) is 0 Å². The van der Waals surface area contributed by atoms with Gasteiger partial charge in [0.2, 0.25) is 0 Å². The van der Waals surface area contributed by atoms with Gasteiger partial charge in [0.05, 0.1) is 0 Å². The molecule has 1 N–H and O–H groups in total. The van der Waals surface area contributed by atoms with Crippen molar-refractivity contribution >= 4 is 0 Å². The molecule has 0 aromatic heterocycles. The van der Waals surface area contributed by atoms with E-state index in [1.807, 2.05) is 0 Å². The van der Waals surface area contributed by atoms with E-state index in [-0.39, 0.29) is 0 Å². The standard InChI is InChI=1S/C19H40N2/c1-3-4-5-6-7-8-9-10-11-13-16-20-18-19-15-12-14-17-21(19)2/h19-20H,3-18H2,1-2H3. The molecule has 0 amide bonds. The predicted molar refractivity (Wildman–Crippen MR) is 95.0 cm³/mol. The van der Waals surface area contributed by atoms with Crippen molar-refractivity contribution in [2.24, 2.45) is 0 Å². The molecule has 21 heavy (non-hydrogen) atoms. The van der Waals surface area contributed by atoms with Crippen molar-refractivity contribution in [2.45, 2.75) is 96.4 Å². The summed E-state index contributed by atoms with van der Waals surface area (Å²) in [6, 6.07) is 0.793. The Bertz CT molecular complexity index is 218. The van der Waals surface area contributed by atoms with Gasteiger partial charge in [-0.25, -0.2) is 0 Å². The van der Waals surface area contributed by atoms with E-state index in [4.69, 9.17) is 0 Å². The van der Waals surface area contributed by atoms with Crippen molar-refractivity contribution in [3.63, 3.8) is 0 Å². The van der Waals surface area contributed by atoms with E-state index in [0.717, 1.165) is 6.04 Å². The van der Waals surface area contributed by atoms with Crippen LogP contribution in [-0.2, 0) is 0 Å². The summed E-state index contributed by atoms with van der Waals surface area (Å²) >= 11 is 0. The highest BCUT2D eigenvalue weighted by molar-refractivity contribution is 4.75. The third kappa shape index (κ3) is 10.3. The number of unbranched alkanes of at least 4 members (excludes halogenated alkanes) is 9. The van der Waals surface area contributed by atoms with Crippen LogP contribution in [-0.4, -0.2) is 37.6 Å². The molecule has 1 rings (SSSR count). The highest BCUT2D eigenvalue weighted by Crippen LogP contribution is 2.14. The van der Waals surface area contributed by atoms with E-state index < -0.39 is 0 Å². The third-order valence-electron chi connectivity index (χ3n) is 5.01. The summed E-state index contributed by atoms with van der Waals surface area (Å²) in [5, 5.41) is 3.67. The van der Waals surface area contributed by atoms with E-state index >= 15 is 0 Å². The summed E-state index contributed by atoms with van der Waals surface area (Å²) in [6.07, 6.45) is 18.5. The fourth-order valence-corrected chi connectivity index (χ4v) is 3.41. The Hall–Kier alpha value is -0.0800. The van der Waals surface area contributed by atoms with Gasteiger partial charge < -0.3 is 10.2 Å². The zero-order valence-corrected chi connectivity index (χ0v) is 14.8. The molecule has 0 saturated carbocycles. The maximum atomic E-state index is 3.67. The second-order valence-electron chi connectivity index (χ2n) is 7.02. The first-order chi connectivity index (χ1) is 10.3. The third-order valence-corrected chi connectivity index (χ3v) is 5.01. The SMILES string of the molecule is CCCCCCCCCCCCNCC1CCCCN1C. The zero-order chi connectivity index (χ0) is 15.2. The Labute approximate surface area is 134 Å². The van der Waals surface area contributed by atoms with Crippen molar-refractivity contribution < 1.29 is 0 Å². The van der Waals surface area contributed by atoms with Crippen LogP contribution in [0.2, 0.25) is 0 Å². The van der Waals surface area contributed by atoms with Crippen LogP contribution >= 0.6 is 0 Å². The highest BCUT2D eigenvalue weighted by Gasteiger charge is 2.17. The number of piperidine rings is 1. The van der Waals surface area contributed by atoms with Crippen molar-refractivity contribution in [3.8, 4) is 0 Å². The Kier molecular flexibility index (Phi) is 12.3. The van der Waals surface area contributed by atoms with Crippen LogP contribution in [0.5, 0.6) is 0 Å². The zero-order valence-electron chi connectivity index (χ0n) is 14.8. The minimum atomic E-state index is 0.793. The average Bonchev–Trinajstić information content (AvgIpc) is 2.50. The largest absolute Gasteiger partial charge is 0.315 e. The number of likely N-dealkylation sites (tertiary alicyclic amines) is 1.